The summed E-state index contributed by atoms with van der Waals surface area (Å²) in [6.45, 7) is 1.73. The number of benzene rings is 3. The molecule has 0 aliphatic heterocycles. The van der Waals surface area contributed by atoms with Crippen LogP contribution in [-0.2, 0) is 14.8 Å². The summed E-state index contributed by atoms with van der Waals surface area (Å²) in [6, 6.07) is 17.6. The maximum atomic E-state index is 12.9. The fraction of sp³-hybridized carbons (Fsp3) is 0.120. The summed E-state index contributed by atoms with van der Waals surface area (Å²) in [5.41, 5.74) is 2.02. The third-order valence-electron chi connectivity index (χ3n) is 5.09. The van der Waals surface area contributed by atoms with Crippen LogP contribution in [0.5, 0.6) is 5.75 Å². The lowest BCUT2D eigenvalue weighted by Gasteiger charge is -2.08. The van der Waals surface area contributed by atoms with Gasteiger partial charge in [0.05, 0.1) is 22.3 Å². The highest BCUT2D eigenvalue weighted by Crippen LogP contribution is 2.24. The molecule has 34 heavy (non-hydrogen) atoms. The van der Waals surface area contributed by atoms with E-state index in [2.05, 4.69) is 4.72 Å². The van der Waals surface area contributed by atoms with Crippen LogP contribution in [0.25, 0.3) is 22.1 Å². The Morgan fingerprint density at radius 3 is 2.44 bits per heavy atom. The van der Waals surface area contributed by atoms with Gasteiger partial charge in [0.15, 0.2) is 5.43 Å². The summed E-state index contributed by atoms with van der Waals surface area (Å²) in [6.07, 6.45) is 1.17. The second-order valence-corrected chi connectivity index (χ2v) is 9.78. The molecule has 0 aliphatic rings. The van der Waals surface area contributed by atoms with E-state index >= 15 is 0 Å². The summed E-state index contributed by atoms with van der Waals surface area (Å²) in [5.74, 6) is -0.452. The number of nitrogens with one attached hydrogen (secondary N) is 1. The van der Waals surface area contributed by atoms with Crippen LogP contribution >= 0.6 is 11.6 Å². The molecule has 0 atom stereocenters. The zero-order valence-corrected chi connectivity index (χ0v) is 19.7. The van der Waals surface area contributed by atoms with Gasteiger partial charge in [-0.2, -0.15) is 0 Å². The third kappa shape index (κ3) is 5.36. The predicted molar refractivity (Wildman–Crippen MR) is 130 cm³/mol. The van der Waals surface area contributed by atoms with E-state index in [1.54, 1.807) is 36.4 Å². The number of esters is 1. The van der Waals surface area contributed by atoms with Crippen LogP contribution in [0.2, 0.25) is 5.02 Å². The van der Waals surface area contributed by atoms with Gasteiger partial charge < -0.3 is 9.15 Å². The highest BCUT2D eigenvalue weighted by atomic mass is 35.5. The number of fused-ring (bicyclic) bond motifs is 1. The molecule has 1 heterocycles. The van der Waals surface area contributed by atoms with Gasteiger partial charge >= 0.3 is 5.97 Å². The van der Waals surface area contributed by atoms with Gasteiger partial charge in [-0.1, -0.05) is 41.4 Å². The van der Waals surface area contributed by atoms with Crippen molar-refractivity contribution in [3.63, 3.8) is 0 Å². The largest absolute Gasteiger partial charge is 0.463 e. The second kappa shape index (κ2) is 9.80. The fourth-order valence-electron chi connectivity index (χ4n) is 3.27. The van der Waals surface area contributed by atoms with Gasteiger partial charge in [-0.05, 0) is 48.9 Å². The van der Waals surface area contributed by atoms with Crippen molar-refractivity contribution >= 4 is 38.6 Å². The molecule has 1 aromatic heterocycles. The lowest BCUT2D eigenvalue weighted by Crippen LogP contribution is -2.27. The molecule has 4 rings (SSSR count). The molecular formula is C25H20ClNO6S. The van der Waals surface area contributed by atoms with Crippen molar-refractivity contribution in [1.82, 2.24) is 4.72 Å². The van der Waals surface area contributed by atoms with Crippen LogP contribution in [0.3, 0.4) is 0 Å². The molecule has 0 spiro atoms. The molecule has 4 aromatic rings. The van der Waals surface area contributed by atoms with E-state index in [9.17, 15) is 18.0 Å². The average molecular weight is 498 g/mol. The van der Waals surface area contributed by atoms with Gasteiger partial charge in [-0.3, -0.25) is 9.59 Å². The van der Waals surface area contributed by atoms with Crippen LogP contribution in [0, 0.1) is 6.92 Å². The molecule has 1 N–H and O–H groups in total. The van der Waals surface area contributed by atoms with E-state index in [-0.39, 0.29) is 34.6 Å². The van der Waals surface area contributed by atoms with E-state index in [1.165, 1.54) is 36.6 Å². The summed E-state index contributed by atoms with van der Waals surface area (Å²) < 4.78 is 37.8. The summed E-state index contributed by atoms with van der Waals surface area (Å²) >= 11 is 5.90. The Bertz CT molecular complexity index is 1510. The van der Waals surface area contributed by atoms with E-state index in [0.717, 1.165) is 5.56 Å². The molecule has 174 valence electrons. The van der Waals surface area contributed by atoms with Gasteiger partial charge in [-0.25, -0.2) is 13.1 Å². The van der Waals surface area contributed by atoms with Crippen molar-refractivity contribution < 1.29 is 22.4 Å². The molecule has 0 radical (unpaired) electrons. The first-order valence-electron chi connectivity index (χ1n) is 10.3. The minimum Gasteiger partial charge on any atom is -0.463 e. The van der Waals surface area contributed by atoms with Gasteiger partial charge in [0.2, 0.25) is 10.0 Å². The number of sulfonamides is 1. The monoisotopic (exact) mass is 497 g/mol. The van der Waals surface area contributed by atoms with Crippen LogP contribution in [-0.4, -0.2) is 20.9 Å². The van der Waals surface area contributed by atoms with Crippen molar-refractivity contribution in [2.45, 2.75) is 18.2 Å². The lowest BCUT2D eigenvalue weighted by atomic mass is 10.1. The molecule has 0 fully saturated rings. The normalized spacial score (nSPS) is 11.5. The Balaban J connectivity index is 1.41. The Morgan fingerprint density at radius 2 is 1.74 bits per heavy atom. The molecule has 0 amide bonds. The first kappa shape index (κ1) is 23.7. The van der Waals surface area contributed by atoms with Crippen LogP contribution in [0.4, 0.5) is 0 Å². The number of hydrogen-bond donors (Lipinski definition) is 1. The Morgan fingerprint density at radius 1 is 1.03 bits per heavy atom. The Labute approximate surface area is 201 Å². The molecule has 0 aliphatic carbocycles. The molecule has 3 aromatic carbocycles. The topological polar surface area (TPSA) is 103 Å². The van der Waals surface area contributed by atoms with Crippen LogP contribution in [0.15, 0.2) is 87.1 Å². The van der Waals surface area contributed by atoms with E-state index in [4.69, 9.17) is 20.8 Å². The van der Waals surface area contributed by atoms with Crippen molar-refractivity contribution in [3.8, 4) is 16.9 Å². The number of hydrogen-bond acceptors (Lipinski definition) is 6. The number of ether oxygens (including phenoxy) is 1. The average Bonchev–Trinajstić information content (AvgIpc) is 2.80. The molecule has 7 nitrogen and oxygen atoms in total. The van der Waals surface area contributed by atoms with Crippen molar-refractivity contribution in [3.05, 3.63) is 93.8 Å². The number of aryl methyl sites for hydroxylation is 1. The minimum atomic E-state index is -3.72. The molecule has 9 heteroatoms. The van der Waals surface area contributed by atoms with Crippen molar-refractivity contribution in [2.75, 3.05) is 6.54 Å². The van der Waals surface area contributed by atoms with Gasteiger partial charge in [0.1, 0.15) is 17.6 Å². The predicted octanol–water partition coefficient (Wildman–Crippen LogP) is 4.70. The molecule has 0 unspecified atom stereocenters. The maximum Gasteiger partial charge on any atom is 0.312 e. The van der Waals surface area contributed by atoms with Gasteiger partial charge in [-0.15, -0.1) is 0 Å². The summed E-state index contributed by atoms with van der Waals surface area (Å²) in [4.78, 5) is 25.2. The second-order valence-electron chi connectivity index (χ2n) is 7.58. The summed E-state index contributed by atoms with van der Waals surface area (Å²) in [5, 5.41) is 0.890. The first-order chi connectivity index (χ1) is 16.2. The van der Waals surface area contributed by atoms with Crippen molar-refractivity contribution in [2.24, 2.45) is 0 Å². The van der Waals surface area contributed by atoms with E-state index in [0.29, 0.717) is 21.5 Å². The number of carbonyl (C=O) groups excluding carboxylic acids is 1. The number of carbonyl (C=O) groups is 1. The third-order valence-corrected chi connectivity index (χ3v) is 6.81. The SMILES string of the molecule is Cc1ccc(S(=O)(=O)NCCC(=O)Oc2ccc3c(=O)c(-c4ccc(Cl)cc4)coc3c2)cc1. The molecular weight excluding hydrogens is 478 g/mol. The van der Waals surface area contributed by atoms with Crippen LogP contribution < -0.4 is 14.9 Å². The van der Waals surface area contributed by atoms with Crippen molar-refractivity contribution in [1.29, 1.82) is 0 Å². The molecule has 0 saturated carbocycles. The molecule has 0 saturated heterocycles. The Kier molecular flexibility index (Phi) is 6.83. The summed E-state index contributed by atoms with van der Waals surface area (Å²) in [7, 11) is -3.72. The van der Waals surface area contributed by atoms with E-state index in [1.807, 2.05) is 6.92 Å². The lowest BCUT2D eigenvalue weighted by molar-refractivity contribution is -0.134. The number of halogens is 1. The number of rotatable bonds is 7. The zero-order chi connectivity index (χ0) is 24.3. The quantitative estimate of drug-likeness (QED) is 0.293. The van der Waals surface area contributed by atoms with Crippen LogP contribution in [0.1, 0.15) is 12.0 Å². The highest BCUT2D eigenvalue weighted by molar-refractivity contribution is 7.89. The smallest absolute Gasteiger partial charge is 0.312 e. The molecule has 0 bridgehead atoms. The minimum absolute atomic E-state index is 0.119. The maximum absolute atomic E-state index is 12.9. The van der Waals surface area contributed by atoms with E-state index < -0.39 is 16.0 Å². The highest BCUT2D eigenvalue weighted by Gasteiger charge is 2.15. The first-order valence-corrected chi connectivity index (χ1v) is 12.2. The van der Waals surface area contributed by atoms with Gasteiger partial charge in [0, 0.05) is 17.6 Å². The standard InChI is InChI=1S/C25H20ClNO6S/c1-16-2-9-20(10-3-16)34(30,31)27-13-12-24(28)33-19-8-11-21-23(14-19)32-15-22(25(21)29)17-4-6-18(26)7-5-17/h2-11,14-15,27H,12-13H2,1H3. The van der Waals surface area contributed by atoms with Gasteiger partial charge in [0.25, 0.3) is 0 Å². The fourth-order valence-corrected chi connectivity index (χ4v) is 4.43. The Hall–Kier alpha value is -3.46. The zero-order valence-electron chi connectivity index (χ0n) is 18.1.